The number of allylic oxidation sites excluding steroid dienone is 1. The summed E-state index contributed by atoms with van der Waals surface area (Å²) in [6.45, 7) is 5.58. The van der Waals surface area contributed by atoms with Crippen LogP contribution >= 0.6 is 34.7 Å². The molecule has 2 aromatic carbocycles. The summed E-state index contributed by atoms with van der Waals surface area (Å²) in [4.78, 5) is 16.8. The Bertz CT molecular complexity index is 1210. The number of thioether (sulfide) groups is 1. The highest BCUT2D eigenvalue weighted by Crippen LogP contribution is 2.41. The van der Waals surface area contributed by atoms with Gasteiger partial charge in [-0.25, -0.2) is 14.2 Å². The van der Waals surface area contributed by atoms with Gasteiger partial charge in [-0.1, -0.05) is 61.1 Å². The van der Waals surface area contributed by atoms with Gasteiger partial charge in [-0.05, 0) is 36.8 Å². The number of carboxylic acid groups (broad SMARTS) is 1. The average molecular weight is 490 g/mol. The van der Waals surface area contributed by atoms with E-state index in [4.69, 9.17) is 17.0 Å². The monoisotopic (exact) mass is 489 g/mol. The van der Waals surface area contributed by atoms with E-state index in [2.05, 4.69) is 24.1 Å². The highest BCUT2D eigenvalue weighted by Gasteiger charge is 2.22. The van der Waals surface area contributed by atoms with Gasteiger partial charge in [-0.3, -0.25) is 0 Å². The standard InChI is InChI=1S/C23H21ClFN3O2S2/c1-12(2)31-22-19(15-7-4-8-16(24)10-15)27-23(32-22)28-20(21(29)30)18(13(3)26)14-6-5-9-17(25)11-14/h4-12,26H,1-3H3,(H,27,28)(H,29,30)/b20-18+,26-13?. The summed E-state index contributed by atoms with van der Waals surface area (Å²) < 4.78 is 14.7. The Balaban J connectivity index is 2.12. The molecule has 3 aromatic rings. The van der Waals surface area contributed by atoms with Gasteiger partial charge in [0, 0.05) is 27.1 Å². The number of carboxylic acids is 1. The molecule has 0 saturated heterocycles. The lowest BCUT2D eigenvalue weighted by Gasteiger charge is -2.12. The van der Waals surface area contributed by atoms with Crippen LogP contribution in [0, 0.1) is 11.2 Å². The van der Waals surface area contributed by atoms with E-state index in [9.17, 15) is 14.3 Å². The molecule has 0 amide bonds. The molecule has 0 radical (unpaired) electrons. The van der Waals surface area contributed by atoms with Crippen molar-refractivity contribution in [2.45, 2.75) is 30.2 Å². The van der Waals surface area contributed by atoms with Crippen molar-refractivity contribution in [1.82, 2.24) is 4.98 Å². The molecule has 9 heteroatoms. The van der Waals surface area contributed by atoms with E-state index >= 15 is 0 Å². The fourth-order valence-electron chi connectivity index (χ4n) is 2.99. The summed E-state index contributed by atoms with van der Waals surface area (Å²) in [5, 5.41) is 22.1. The van der Waals surface area contributed by atoms with Crippen LogP contribution < -0.4 is 5.32 Å². The molecule has 0 unspecified atom stereocenters. The maximum absolute atomic E-state index is 13.8. The lowest BCUT2D eigenvalue weighted by molar-refractivity contribution is -0.132. The van der Waals surface area contributed by atoms with Crippen LogP contribution in [0.25, 0.3) is 16.8 Å². The molecule has 0 fully saturated rings. The topological polar surface area (TPSA) is 86.1 Å². The van der Waals surface area contributed by atoms with Gasteiger partial charge in [0.25, 0.3) is 0 Å². The number of hydrogen-bond donors (Lipinski definition) is 3. The fraction of sp³-hybridized carbons (Fsp3) is 0.174. The highest BCUT2D eigenvalue weighted by atomic mass is 35.5. The van der Waals surface area contributed by atoms with Crippen LogP contribution in [0.15, 0.2) is 58.4 Å². The van der Waals surface area contributed by atoms with Crippen molar-refractivity contribution in [2.24, 2.45) is 0 Å². The van der Waals surface area contributed by atoms with Gasteiger partial charge >= 0.3 is 5.97 Å². The van der Waals surface area contributed by atoms with E-state index in [0.29, 0.717) is 21.4 Å². The summed E-state index contributed by atoms with van der Waals surface area (Å²) in [7, 11) is 0. The maximum atomic E-state index is 13.8. The first kappa shape index (κ1) is 24.0. The predicted octanol–water partition coefficient (Wildman–Crippen LogP) is 7.05. The lowest BCUT2D eigenvalue weighted by Crippen LogP contribution is -2.16. The number of benzene rings is 2. The number of rotatable bonds is 8. The van der Waals surface area contributed by atoms with Crippen molar-refractivity contribution in [3.63, 3.8) is 0 Å². The summed E-state index contributed by atoms with van der Waals surface area (Å²) in [5.41, 5.74) is 1.65. The first-order chi connectivity index (χ1) is 15.2. The van der Waals surface area contributed by atoms with Crippen LogP contribution in [0.4, 0.5) is 9.52 Å². The van der Waals surface area contributed by atoms with E-state index < -0.39 is 11.8 Å². The molecule has 1 heterocycles. The minimum Gasteiger partial charge on any atom is -0.477 e. The van der Waals surface area contributed by atoms with Crippen molar-refractivity contribution in [3.8, 4) is 11.3 Å². The van der Waals surface area contributed by atoms with Gasteiger partial charge in [0.2, 0.25) is 0 Å². The molecular weight excluding hydrogens is 469 g/mol. The zero-order chi connectivity index (χ0) is 23.4. The highest BCUT2D eigenvalue weighted by molar-refractivity contribution is 8.01. The van der Waals surface area contributed by atoms with Crippen LogP contribution in [0.1, 0.15) is 26.3 Å². The molecule has 0 aliphatic carbocycles. The van der Waals surface area contributed by atoms with Crippen molar-refractivity contribution in [2.75, 3.05) is 5.32 Å². The number of carbonyl (C=O) groups is 1. The Morgan fingerprint density at radius 1 is 1.25 bits per heavy atom. The van der Waals surface area contributed by atoms with Crippen molar-refractivity contribution < 1.29 is 14.3 Å². The molecule has 0 aliphatic rings. The van der Waals surface area contributed by atoms with Crippen LogP contribution in [-0.4, -0.2) is 27.0 Å². The van der Waals surface area contributed by atoms with Gasteiger partial charge in [0.15, 0.2) is 5.13 Å². The zero-order valence-electron chi connectivity index (χ0n) is 17.6. The minimum atomic E-state index is -1.27. The molecular formula is C23H21ClFN3O2S2. The summed E-state index contributed by atoms with van der Waals surface area (Å²) in [6, 6.07) is 12.8. The Morgan fingerprint density at radius 2 is 1.97 bits per heavy atom. The van der Waals surface area contributed by atoms with E-state index in [-0.39, 0.29) is 22.2 Å². The van der Waals surface area contributed by atoms with Gasteiger partial charge in [0.05, 0.1) is 9.90 Å². The predicted molar refractivity (Wildman–Crippen MR) is 132 cm³/mol. The third kappa shape index (κ3) is 5.76. The van der Waals surface area contributed by atoms with E-state index in [1.54, 1.807) is 30.0 Å². The molecule has 0 aliphatic heterocycles. The molecule has 3 rings (SSSR count). The molecule has 3 N–H and O–H groups in total. The number of nitrogens with zero attached hydrogens (tertiary/aromatic N) is 1. The molecule has 1 aromatic heterocycles. The largest absolute Gasteiger partial charge is 0.477 e. The summed E-state index contributed by atoms with van der Waals surface area (Å²) in [6.07, 6.45) is 0. The Morgan fingerprint density at radius 3 is 2.56 bits per heavy atom. The van der Waals surface area contributed by atoms with Crippen LogP contribution in [0.2, 0.25) is 5.02 Å². The zero-order valence-corrected chi connectivity index (χ0v) is 20.0. The summed E-state index contributed by atoms with van der Waals surface area (Å²) >= 11 is 9.09. The van der Waals surface area contributed by atoms with Crippen molar-refractivity contribution >= 4 is 57.1 Å². The molecule has 0 saturated carbocycles. The Kier molecular flexibility index (Phi) is 7.71. The number of anilines is 1. The molecule has 166 valence electrons. The van der Waals surface area contributed by atoms with Crippen LogP contribution in [0.3, 0.4) is 0 Å². The number of aromatic nitrogens is 1. The van der Waals surface area contributed by atoms with Gasteiger partial charge in [0.1, 0.15) is 11.5 Å². The minimum absolute atomic E-state index is 0.0103. The van der Waals surface area contributed by atoms with E-state index in [1.165, 1.54) is 36.5 Å². The van der Waals surface area contributed by atoms with E-state index in [1.807, 2.05) is 12.1 Å². The third-order valence-electron chi connectivity index (χ3n) is 4.22. The average Bonchev–Trinajstić information content (AvgIpc) is 3.09. The number of aliphatic carboxylic acids is 1. The van der Waals surface area contributed by atoms with Gasteiger partial charge in [-0.15, -0.1) is 11.8 Å². The van der Waals surface area contributed by atoms with Crippen molar-refractivity contribution in [3.05, 3.63) is 70.6 Å². The number of hydrogen-bond acceptors (Lipinski definition) is 6. The number of thiazole rings is 1. The molecule has 0 spiro atoms. The van der Waals surface area contributed by atoms with E-state index in [0.717, 1.165) is 9.77 Å². The molecule has 0 atom stereocenters. The SMILES string of the molecule is CC(=N)/C(=C(\Nc1nc(-c2cccc(Cl)c2)c(SC(C)C)s1)C(=O)O)c1cccc(F)c1. The van der Waals surface area contributed by atoms with Crippen LogP contribution in [-0.2, 0) is 4.79 Å². The second-order valence-corrected chi connectivity index (χ2v) is 10.4. The fourth-order valence-corrected chi connectivity index (χ4v) is 5.62. The maximum Gasteiger partial charge on any atom is 0.353 e. The van der Waals surface area contributed by atoms with Gasteiger partial charge < -0.3 is 15.8 Å². The first-order valence-electron chi connectivity index (χ1n) is 9.65. The number of nitrogens with one attached hydrogen (secondary N) is 2. The molecule has 5 nitrogen and oxygen atoms in total. The lowest BCUT2D eigenvalue weighted by atomic mass is 9.99. The van der Waals surface area contributed by atoms with Crippen LogP contribution in [0.5, 0.6) is 0 Å². The molecule has 0 bridgehead atoms. The smallest absolute Gasteiger partial charge is 0.353 e. The number of halogens is 2. The second kappa shape index (κ2) is 10.3. The normalized spacial score (nSPS) is 11.9. The van der Waals surface area contributed by atoms with Gasteiger partial charge in [-0.2, -0.15) is 0 Å². The first-order valence-corrected chi connectivity index (χ1v) is 11.7. The third-order valence-corrected chi connectivity index (χ3v) is 6.64. The van der Waals surface area contributed by atoms with Crippen molar-refractivity contribution in [1.29, 1.82) is 5.41 Å². The Labute approximate surface area is 198 Å². The molecule has 32 heavy (non-hydrogen) atoms. The Hall–Kier alpha value is -2.68. The second-order valence-electron chi connectivity index (χ2n) is 7.15. The quantitative estimate of drug-likeness (QED) is 0.179. The summed E-state index contributed by atoms with van der Waals surface area (Å²) in [5.74, 6) is -1.78.